The number of hydrogen-bond acceptors (Lipinski definition) is 2. The summed E-state index contributed by atoms with van der Waals surface area (Å²) in [6, 6.07) is 59.5. The van der Waals surface area contributed by atoms with Gasteiger partial charge in [0, 0.05) is 49.5 Å². The van der Waals surface area contributed by atoms with Gasteiger partial charge in [0.2, 0.25) is 0 Å². The summed E-state index contributed by atoms with van der Waals surface area (Å²) in [4.78, 5) is 10.1. The summed E-state index contributed by atoms with van der Waals surface area (Å²) in [6.07, 6.45) is 7.69. The second-order valence-electron chi connectivity index (χ2n) is 16.3. The third-order valence-corrected chi connectivity index (χ3v) is 12.4. The van der Waals surface area contributed by atoms with Crippen molar-refractivity contribution in [3.63, 3.8) is 0 Å². The molecule has 286 valence electrons. The Morgan fingerprint density at radius 1 is 0.500 bits per heavy atom. The maximum absolute atomic E-state index is 5.08. The highest BCUT2D eigenvalue weighted by molar-refractivity contribution is 6.14. The number of nitrogens with zero attached hydrogens (tertiary/aromatic N) is 4. The zero-order valence-electron chi connectivity index (χ0n) is 33.9. The van der Waals surface area contributed by atoms with E-state index in [0.717, 1.165) is 33.8 Å². The molecule has 11 rings (SSSR count). The summed E-state index contributed by atoms with van der Waals surface area (Å²) < 4.78 is 4.86. The van der Waals surface area contributed by atoms with Crippen LogP contribution >= 0.6 is 0 Å². The number of hydrogen-bond donors (Lipinski definition) is 0. The number of para-hydroxylation sites is 3. The van der Waals surface area contributed by atoms with E-state index in [9.17, 15) is 0 Å². The molecule has 3 heterocycles. The lowest BCUT2D eigenvalue weighted by Gasteiger charge is -2.22. The molecule has 4 nitrogen and oxygen atoms in total. The molecule has 0 fully saturated rings. The van der Waals surface area contributed by atoms with Crippen molar-refractivity contribution in [2.45, 2.75) is 26.2 Å². The number of benzene rings is 7. The minimum absolute atomic E-state index is 0.205. The van der Waals surface area contributed by atoms with E-state index < -0.39 is 0 Å². The fourth-order valence-electron chi connectivity index (χ4n) is 9.45. The standard InChI is InChI=1S/C56H42N4/c1-5-6-9-18-36(2)55-57-49(37-19-10-7-11-20-37)35-50(58-55)38-27-29-40(30-28-38)60-51-25-16-14-23-41(51)45-31-43-44-33-53-46(32-47(44)56(3,4)48(43)34-54(45)60)42-24-15-17-26-52(42)59(53)39-21-12-8-13-22-39/h5-35H,1H2,2-4H3/b9-6-,36-18+. The summed E-state index contributed by atoms with van der Waals surface area (Å²) in [7, 11) is 0. The second-order valence-corrected chi connectivity index (χ2v) is 16.3. The van der Waals surface area contributed by atoms with Crippen LogP contribution in [0.3, 0.4) is 0 Å². The van der Waals surface area contributed by atoms with Gasteiger partial charge in [0.15, 0.2) is 5.82 Å². The first-order valence-electron chi connectivity index (χ1n) is 20.6. The number of fused-ring (bicyclic) bond motifs is 9. The third-order valence-electron chi connectivity index (χ3n) is 12.4. The fraction of sp³-hybridized carbons (Fsp3) is 0.0714. The molecule has 0 saturated heterocycles. The Morgan fingerprint density at radius 2 is 1.02 bits per heavy atom. The molecule has 0 bridgehead atoms. The molecule has 0 atom stereocenters. The molecular weight excluding hydrogens is 729 g/mol. The van der Waals surface area contributed by atoms with Gasteiger partial charge in [-0.25, -0.2) is 9.97 Å². The van der Waals surface area contributed by atoms with Crippen LogP contribution < -0.4 is 0 Å². The topological polar surface area (TPSA) is 35.6 Å². The highest BCUT2D eigenvalue weighted by Crippen LogP contribution is 2.53. The first kappa shape index (κ1) is 35.6. The van der Waals surface area contributed by atoms with Crippen LogP contribution in [0.25, 0.3) is 94.2 Å². The molecule has 0 aliphatic heterocycles. The highest BCUT2D eigenvalue weighted by atomic mass is 15.0. The summed E-state index contributed by atoms with van der Waals surface area (Å²) in [5.41, 5.74) is 17.1. The lowest BCUT2D eigenvalue weighted by Crippen LogP contribution is -2.15. The van der Waals surface area contributed by atoms with Gasteiger partial charge >= 0.3 is 0 Å². The first-order valence-corrected chi connectivity index (χ1v) is 20.6. The molecule has 60 heavy (non-hydrogen) atoms. The molecule has 0 amide bonds. The monoisotopic (exact) mass is 770 g/mol. The van der Waals surface area contributed by atoms with Gasteiger partial charge in [-0.1, -0.05) is 142 Å². The van der Waals surface area contributed by atoms with Crippen molar-refractivity contribution in [1.82, 2.24) is 19.1 Å². The van der Waals surface area contributed by atoms with E-state index >= 15 is 0 Å². The van der Waals surface area contributed by atoms with Gasteiger partial charge < -0.3 is 9.13 Å². The van der Waals surface area contributed by atoms with Crippen LogP contribution in [-0.2, 0) is 5.41 Å². The molecule has 7 aromatic carbocycles. The maximum Gasteiger partial charge on any atom is 0.156 e. The lowest BCUT2D eigenvalue weighted by molar-refractivity contribution is 0.662. The van der Waals surface area contributed by atoms with Crippen molar-refractivity contribution in [3.8, 4) is 45.0 Å². The number of allylic oxidation sites excluding steroid dienone is 5. The van der Waals surface area contributed by atoms with Gasteiger partial charge in [0.05, 0.1) is 33.5 Å². The summed E-state index contributed by atoms with van der Waals surface area (Å²) in [6.45, 7) is 10.6. The molecule has 0 radical (unpaired) electrons. The Labute approximate surface area is 349 Å². The van der Waals surface area contributed by atoms with Crippen LogP contribution in [0.2, 0.25) is 0 Å². The molecule has 3 aromatic heterocycles. The molecular formula is C56H42N4. The Hall–Kier alpha value is -7.56. The third kappa shape index (κ3) is 5.52. The molecule has 0 spiro atoms. The van der Waals surface area contributed by atoms with Crippen LogP contribution in [-0.4, -0.2) is 19.1 Å². The largest absolute Gasteiger partial charge is 0.309 e. The summed E-state index contributed by atoms with van der Waals surface area (Å²) in [5, 5.41) is 5.06. The van der Waals surface area contributed by atoms with E-state index in [0.29, 0.717) is 5.82 Å². The van der Waals surface area contributed by atoms with Gasteiger partial charge in [0.1, 0.15) is 0 Å². The zero-order chi connectivity index (χ0) is 40.5. The van der Waals surface area contributed by atoms with Crippen molar-refractivity contribution >= 4 is 49.2 Å². The molecule has 0 saturated carbocycles. The maximum atomic E-state index is 5.08. The Kier molecular flexibility index (Phi) is 8.18. The van der Waals surface area contributed by atoms with E-state index in [1.807, 2.05) is 36.4 Å². The molecule has 1 aliphatic carbocycles. The minimum Gasteiger partial charge on any atom is -0.309 e. The summed E-state index contributed by atoms with van der Waals surface area (Å²) in [5.74, 6) is 0.700. The first-order chi connectivity index (χ1) is 29.4. The van der Waals surface area contributed by atoms with Crippen LogP contribution in [0, 0.1) is 0 Å². The van der Waals surface area contributed by atoms with Gasteiger partial charge in [-0.2, -0.15) is 0 Å². The van der Waals surface area contributed by atoms with E-state index in [2.05, 4.69) is 182 Å². The fourth-order valence-corrected chi connectivity index (χ4v) is 9.45. The molecule has 4 heteroatoms. The average Bonchev–Trinajstić information content (AvgIpc) is 3.87. The van der Waals surface area contributed by atoms with Crippen molar-refractivity contribution in [1.29, 1.82) is 0 Å². The van der Waals surface area contributed by atoms with Gasteiger partial charge in [-0.15, -0.1) is 0 Å². The zero-order valence-corrected chi connectivity index (χ0v) is 33.9. The number of aromatic nitrogens is 4. The predicted octanol–water partition coefficient (Wildman–Crippen LogP) is 14.5. The van der Waals surface area contributed by atoms with Gasteiger partial charge in [0.25, 0.3) is 0 Å². The average molecular weight is 771 g/mol. The van der Waals surface area contributed by atoms with Crippen LogP contribution in [0.15, 0.2) is 195 Å². The van der Waals surface area contributed by atoms with Crippen molar-refractivity contribution < 1.29 is 0 Å². The molecule has 0 unspecified atom stereocenters. The van der Waals surface area contributed by atoms with E-state index in [4.69, 9.17) is 9.97 Å². The van der Waals surface area contributed by atoms with Crippen LogP contribution in [0.4, 0.5) is 0 Å². The SMILES string of the molecule is C=C/C=C\C=C(/C)c1nc(-c2ccccc2)cc(-c2ccc(-n3c4ccccc4c4cc5c(cc43)C(C)(C)c3cc4c6ccccc6n(-c6ccccc6)c4cc3-5)cc2)n1. The molecule has 0 N–H and O–H groups in total. The smallest absolute Gasteiger partial charge is 0.156 e. The Balaban J connectivity index is 1.06. The van der Waals surface area contributed by atoms with Gasteiger partial charge in [-0.3, -0.25) is 0 Å². The minimum atomic E-state index is -0.205. The Morgan fingerprint density at radius 3 is 1.67 bits per heavy atom. The van der Waals surface area contributed by atoms with E-state index in [1.54, 1.807) is 6.08 Å². The quantitative estimate of drug-likeness (QED) is 0.151. The molecule has 10 aromatic rings. The van der Waals surface area contributed by atoms with Gasteiger partial charge in [-0.05, 0) is 101 Å². The lowest BCUT2D eigenvalue weighted by atomic mass is 9.82. The van der Waals surface area contributed by atoms with E-state index in [-0.39, 0.29) is 5.41 Å². The normalized spacial score (nSPS) is 13.5. The van der Waals surface area contributed by atoms with Crippen molar-refractivity contribution in [2.75, 3.05) is 0 Å². The number of rotatable bonds is 7. The van der Waals surface area contributed by atoms with Crippen molar-refractivity contribution in [2.24, 2.45) is 0 Å². The Bertz CT molecular complexity index is 3400. The second kappa shape index (κ2) is 13.8. The summed E-state index contributed by atoms with van der Waals surface area (Å²) >= 11 is 0. The molecule has 1 aliphatic rings. The van der Waals surface area contributed by atoms with Crippen LogP contribution in [0.5, 0.6) is 0 Å². The van der Waals surface area contributed by atoms with E-state index in [1.165, 1.54) is 71.6 Å². The predicted molar refractivity (Wildman–Crippen MR) is 252 cm³/mol. The van der Waals surface area contributed by atoms with Crippen LogP contribution in [0.1, 0.15) is 37.7 Å². The van der Waals surface area contributed by atoms with Crippen molar-refractivity contribution in [3.05, 3.63) is 212 Å². The highest BCUT2D eigenvalue weighted by Gasteiger charge is 2.37.